The number of aryl methyl sites for hydroxylation is 2. The van der Waals surface area contributed by atoms with Crippen molar-refractivity contribution in [3.63, 3.8) is 0 Å². The van der Waals surface area contributed by atoms with Gasteiger partial charge >= 0.3 is 0 Å². The fourth-order valence-corrected chi connectivity index (χ4v) is 2.29. The van der Waals surface area contributed by atoms with Crippen molar-refractivity contribution >= 4 is 11.6 Å². The van der Waals surface area contributed by atoms with Gasteiger partial charge in [-0.05, 0) is 25.0 Å². The second kappa shape index (κ2) is 3.94. The largest absolute Gasteiger partial charge is 0.436 e. The number of anilines is 1. The Morgan fingerprint density at radius 2 is 2.28 bits per heavy atom. The molecule has 0 N–H and O–H groups in total. The van der Waals surface area contributed by atoms with Crippen molar-refractivity contribution in [2.75, 3.05) is 11.4 Å². The predicted molar refractivity (Wildman–Crippen MR) is 65.6 cm³/mol. The van der Waals surface area contributed by atoms with Crippen molar-refractivity contribution in [3.05, 3.63) is 41.4 Å². The molecule has 0 radical (unpaired) electrons. The normalized spacial score (nSPS) is 13.8. The quantitative estimate of drug-likeness (QED) is 0.767. The van der Waals surface area contributed by atoms with Crippen molar-refractivity contribution in [2.45, 2.75) is 20.3 Å². The third-order valence-corrected chi connectivity index (χ3v) is 3.12. The summed E-state index contributed by atoms with van der Waals surface area (Å²) in [6.07, 6.45) is 4.34. The summed E-state index contributed by atoms with van der Waals surface area (Å²) in [6.45, 7) is 4.19. The Kier molecular flexibility index (Phi) is 2.40. The lowest BCUT2D eigenvalue weighted by Gasteiger charge is -2.15. The third kappa shape index (κ3) is 1.59. The number of aromatic nitrogens is 2. The number of amides is 1. The zero-order chi connectivity index (χ0) is 12.7. The van der Waals surface area contributed by atoms with Crippen LogP contribution in [0.15, 0.2) is 22.9 Å². The Balaban J connectivity index is 1.98. The van der Waals surface area contributed by atoms with Crippen LogP contribution in [0.2, 0.25) is 0 Å². The standard InChI is InChI=1S/C13H13N3O2/c1-8-12(18-9(2)15-8)13(17)16-6-4-10-7-14-5-3-11(10)16/h3,5,7H,4,6H2,1-2H3. The van der Waals surface area contributed by atoms with Gasteiger partial charge in [-0.3, -0.25) is 9.78 Å². The number of hydrogen-bond acceptors (Lipinski definition) is 4. The molecule has 2 aromatic rings. The van der Waals surface area contributed by atoms with Crippen molar-refractivity contribution in [3.8, 4) is 0 Å². The molecule has 0 aromatic carbocycles. The van der Waals surface area contributed by atoms with Gasteiger partial charge in [0.25, 0.3) is 5.91 Å². The maximum Gasteiger partial charge on any atom is 0.296 e. The van der Waals surface area contributed by atoms with E-state index in [1.54, 1.807) is 31.1 Å². The first-order valence-electron chi connectivity index (χ1n) is 5.85. The topological polar surface area (TPSA) is 59.2 Å². The number of fused-ring (bicyclic) bond motifs is 1. The molecular formula is C13H13N3O2. The van der Waals surface area contributed by atoms with E-state index in [-0.39, 0.29) is 5.91 Å². The van der Waals surface area contributed by atoms with Crippen LogP contribution in [0.25, 0.3) is 0 Å². The van der Waals surface area contributed by atoms with Gasteiger partial charge in [0, 0.05) is 25.9 Å². The van der Waals surface area contributed by atoms with Crippen LogP contribution in [-0.2, 0) is 6.42 Å². The van der Waals surface area contributed by atoms with E-state index in [4.69, 9.17) is 4.42 Å². The van der Waals surface area contributed by atoms with Gasteiger partial charge < -0.3 is 9.32 Å². The van der Waals surface area contributed by atoms with Crippen LogP contribution in [0.4, 0.5) is 5.69 Å². The first-order chi connectivity index (χ1) is 8.66. The molecule has 1 amide bonds. The Labute approximate surface area is 104 Å². The molecule has 0 saturated carbocycles. The van der Waals surface area contributed by atoms with Gasteiger partial charge in [-0.25, -0.2) is 4.98 Å². The fourth-order valence-electron chi connectivity index (χ4n) is 2.29. The molecule has 5 heteroatoms. The van der Waals surface area contributed by atoms with Crippen molar-refractivity contribution in [1.82, 2.24) is 9.97 Å². The highest BCUT2D eigenvalue weighted by molar-refractivity contribution is 6.06. The van der Waals surface area contributed by atoms with Crippen LogP contribution in [0.1, 0.15) is 27.7 Å². The summed E-state index contributed by atoms with van der Waals surface area (Å²) in [7, 11) is 0. The van der Waals surface area contributed by atoms with E-state index in [1.165, 1.54) is 0 Å². The van der Waals surface area contributed by atoms with Crippen LogP contribution in [0, 0.1) is 13.8 Å². The zero-order valence-corrected chi connectivity index (χ0v) is 10.3. The maximum atomic E-state index is 12.4. The average molecular weight is 243 g/mol. The molecule has 0 aliphatic carbocycles. The molecule has 1 aliphatic rings. The summed E-state index contributed by atoms with van der Waals surface area (Å²) in [5.74, 6) is 0.722. The Bertz CT molecular complexity index is 618. The number of nitrogens with zero attached hydrogens (tertiary/aromatic N) is 3. The van der Waals surface area contributed by atoms with Gasteiger partial charge in [-0.1, -0.05) is 0 Å². The molecule has 3 rings (SSSR count). The minimum atomic E-state index is -0.127. The first-order valence-corrected chi connectivity index (χ1v) is 5.85. The highest BCUT2D eigenvalue weighted by Crippen LogP contribution is 2.28. The van der Waals surface area contributed by atoms with Crippen molar-refractivity contribution in [2.24, 2.45) is 0 Å². The number of carbonyl (C=O) groups excluding carboxylic acids is 1. The van der Waals surface area contributed by atoms with E-state index < -0.39 is 0 Å². The molecule has 92 valence electrons. The van der Waals surface area contributed by atoms with Gasteiger partial charge in [-0.15, -0.1) is 0 Å². The lowest BCUT2D eigenvalue weighted by Crippen LogP contribution is -2.29. The minimum Gasteiger partial charge on any atom is -0.436 e. The summed E-state index contributed by atoms with van der Waals surface area (Å²) in [4.78, 5) is 22.3. The van der Waals surface area contributed by atoms with Gasteiger partial charge in [0.1, 0.15) is 0 Å². The molecule has 18 heavy (non-hydrogen) atoms. The summed E-state index contributed by atoms with van der Waals surface area (Å²) in [6, 6.07) is 1.86. The molecule has 0 spiro atoms. The predicted octanol–water partition coefficient (Wildman–Crippen LogP) is 1.89. The molecule has 0 atom stereocenters. The highest BCUT2D eigenvalue weighted by Gasteiger charge is 2.29. The lowest BCUT2D eigenvalue weighted by atomic mass is 10.2. The monoisotopic (exact) mass is 243 g/mol. The lowest BCUT2D eigenvalue weighted by molar-refractivity contribution is 0.0960. The molecule has 1 aliphatic heterocycles. The maximum absolute atomic E-state index is 12.4. The summed E-state index contributed by atoms with van der Waals surface area (Å²) >= 11 is 0. The van der Waals surface area contributed by atoms with Crippen LogP contribution in [0.3, 0.4) is 0 Å². The Morgan fingerprint density at radius 1 is 1.44 bits per heavy atom. The van der Waals surface area contributed by atoms with Gasteiger partial charge in [-0.2, -0.15) is 0 Å². The molecule has 0 saturated heterocycles. The summed E-state index contributed by atoms with van der Waals surface area (Å²) < 4.78 is 5.39. The number of pyridine rings is 1. The van der Waals surface area contributed by atoms with Gasteiger partial charge in [0.2, 0.25) is 5.76 Å². The summed E-state index contributed by atoms with van der Waals surface area (Å²) in [5, 5.41) is 0. The Morgan fingerprint density at radius 3 is 3.00 bits per heavy atom. The van der Waals surface area contributed by atoms with Gasteiger partial charge in [0.15, 0.2) is 5.89 Å². The van der Waals surface area contributed by atoms with Crippen LogP contribution >= 0.6 is 0 Å². The van der Waals surface area contributed by atoms with E-state index >= 15 is 0 Å². The minimum absolute atomic E-state index is 0.127. The van der Waals surface area contributed by atoms with Crippen LogP contribution in [0.5, 0.6) is 0 Å². The van der Waals surface area contributed by atoms with E-state index in [9.17, 15) is 4.79 Å². The van der Waals surface area contributed by atoms with E-state index in [0.29, 0.717) is 23.9 Å². The van der Waals surface area contributed by atoms with Crippen LogP contribution < -0.4 is 4.90 Å². The number of carbonyl (C=O) groups is 1. The third-order valence-electron chi connectivity index (χ3n) is 3.12. The smallest absolute Gasteiger partial charge is 0.296 e. The Hall–Kier alpha value is -2.17. The second-order valence-corrected chi connectivity index (χ2v) is 4.36. The first kappa shape index (κ1) is 11.0. The molecule has 0 unspecified atom stereocenters. The average Bonchev–Trinajstić information content (AvgIpc) is 2.92. The zero-order valence-electron chi connectivity index (χ0n) is 10.3. The van der Waals surface area contributed by atoms with E-state index in [2.05, 4.69) is 9.97 Å². The highest BCUT2D eigenvalue weighted by atomic mass is 16.4. The van der Waals surface area contributed by atoms with E-state index in [1.807, 2.05) is 6.07 Å². The fraction of sp³-hybridized carbons (Fsp3) is 0.308. The number of hydrogen-bond donors (Lipinski definition) is 0. The van der Waals surface area contributed by atoms with E-state index in [0.717, 1.165) is 17.7 Å². The number of rotatable bonds is 1. The molecule has 2 aromatic heterocycles. The molecule has 0 bridgehead atoms. The molecular weight excluding hydrogens is 230 g/mol. The van der Waals surface area contributed by atoms with Crippen LogP contribution in [-0.4, -0.2) is 22.4 Å². The molecule has 0 fully saturated rings. The van der Waals surface area contributed by atoms with Crippen molar-refractivity contribution in [1.29, 1.82) is 0 Å². The molecule has 3 heterocycles. The second-order valence-electron chi connectivity index (χ2n) is 4.36. The van der Waals surface area contributed by atoms with Gasteiger partial charge in [0.05, 0.1) is 11.4 Å². The SMILES string of the molecule is Cc1nc(C)c(C(=O)N2CCc3cnccc32)o1. The number of oxazole rings is 1. The van der Waals surface area contributed by atoms with Crippen molar-refractivity contribution < 1.29 is 9.21 Å². The molecule has 5 nitrogen and oxygen atoms in total. The summed E-state index contributed by atoms with van der Waals surface area (Å²) in [5.41, 5.74) is 2.66.